The van der Waals surface area contributed by atoms with Gasteiger partial charge in [-0.25, -0.2) is 4.79 Å². The largest absolute Gasteiger partial charge is 0.445 e. The molecular formula is C15H21NO5S. The lowest BCUT2D eigenvalue weighted by molar-refractivity contribution is 0.0543. The molecule has 1 aromatic carbocycles. The van der Waals surface area contributed by atoms with E-state index in [1.807, 2.05) is 0 Å². The highest BCUT2D eigenvalue weighted by atomic mass is 32.2. The number of hydrogen-bond donors (Lipinski definition) is 0. The van der Waals surface area contributed by atoms with Gasteiger partial charge < -0.3 is 9.64 Å². The third kappa shape index (κ3) is 3.41. The van der Waals surface area contributed by atoms with E-state index in [-0.39, 0.29) is 31.6 Å². The number of ether oxygens (including phenoxy) is 1. The molecule has 0 N–H and O–H groups in total. The molecule has 22 heavy (non-hydrogen) atoms. The summed E-state index contributed by atoms with van der Waals surface area (Å²) in [5.41, 5.74) is 0.747. The topological polar surface area (TPSA) is 72.9 Å². The van der Waals surface area contributed by atoms with Crippen LogP contribution in [-0.4, -0.2) is 38.6 Å². The van der Waals surface area contributed by atoms with Crippen molar-refractivity contribution in [2.75, 3.05) is 13.2 Å². The Morgan fingerprint density at radius 2 is 1.86 bits per heavy atom. The van der Waals surface area contributed by atoms with Crippen LogP contribution in [0.5, 0.6) is 0 Å². The molecule has 0 aromatic heterocycles. The first-order chi connectivity index (χ1) is 10.1. The van der Waals surface area contributed by atoms with Gasteiger partial charge in [0.1, 0.15) is 6.61 Å². The molecule has 1 atom stereocenters. The highest BCUT2D eigenvalue weighted by Gasteiger charge is 2.30. The van der Waals surface area contributed by atoms with Gasteiger partial charge in [-0.05, 0) is 37.0 Å². The molecule has 2 bridgehead atoms. The van der Waals surface area contributed by atoms with Crippen molar-refractivity contribution in [1.82, 2.24) is 4.90 Å². The number of hydrogen-bond acceptors (Lipinski definition) is 5. The average Bonchev–Trinajstić information content (AvgIpc) is 2.50. The van der Waals surface area contributed by atoms with Crippen molar-refractivity contribution in [2.24, 2.45) is 0 Å². The van der Waals surface area contributed by atoms with Crippen molar-refractivity contribution in [3.8, 4) is 0 Å². The minimum atomic E-state index is -3.78. The molecule has 1 amide bonds. The van der Waals surface area contributed by atoms with Crippen LogP contribution in [0.25, 0.3) is 0 Å². The molecule has 7 heteroatoms. The van der Waals surface area contributed by atoms with Crippen LogP contribution >= 0.6 is 0 Å². The van der Waals surface area contributed by atoms with Crippen LogP contribution in [0.1, 0.15) is 32.3 Å². The Labute approximate surface area is 131 Å². The number of nitrogens with zero attached hydrogens (tertiary/aromatic N) is 1. The van der Waals surface area contributed by atoms with Crippen LogP contribution in [0.15, 0.2) is 29.2 Å². The minimum Gasteiger partial charge on any atom is -0.445 e. The zero-order valence-electron chi connectivity index (χ0n) is 11.5. The third-order valence-corrected chi connectivity index (χ3v) is 5.15. The lowest BCUT2D eigenvalue weighted by atomic mass is 10.0. The van der Waals surface area contributed by atoms with E-state index in [1.54, 1.807) is 17.0 Å². The first kappa shape index (κ1) is 16.8. The molecule has 0 spiro atoms. The van der Waals surface area contributed by atoms with Gasteiger partial charge in [0.2, 0.25) is 0 Å². The van der Waals surface area contributed by atoms with Crippen molar-refractivity contribution in [3.63, 3.8) is 0 Å². The Bertz CT molecular complexity index is 626. The molecule has 122 valence electrons. The quantitative estimate of drug-likeness (QED) is 0.685. The maximum atomic E-state index is 12.1. The van der Waals surface area contributed by atoms with Gasteiger partial charge in [0.05, 0.1) is 17.5 Å². The molecule has 1 aromatic rings. The first-order valence-electron chi connectivity index (χ1n) is 6.98. The number of amides is 1. The molecule has 4 rings (SSSR count). The smallest absolute Gasteiger partial charge is 0.410 e. The summed E-state index contributed by atoms with van der Waals surface area (Å²) in [6, 6.07) is 5.94. The van der Waals surface area contributed by atoms with E-state index in [1.165, 1.54) is 12.1 Å². The lowest BCUT2D eigenvalue weighted by Gasteiger charge is -2.34. The molecular weight excluding hydrogens is 306 g/mol. The van der Waals surface area contributed by atoms with E-state index >= 15 is 0 Å². The number of carbonyl (C=O) groups excluding carboxylic acids is 1. The van der Waals surface area contributed by atoms with Gasteiger partial charge in [0.15, 0.2) is 0 Å². The van der Waals surface area contributed by atoms with Crippen LogP contribution in [0.4, 0.5) is 4.79 Å². The van der Waals surface area contributed by atoms with Crippen molar-refractivity contribution >= 4 is 16.2 Å². The maximum Gasteiger partial charge on any atom is 0.410 e. The molecule has 1 saturated heterocycles. The zero-order chi connectivity index (χ0) is 14.9. The summed E-state index contributed by atoms with van der Waals surface area (Å²) in [6.45, 7) is 0.687. The van der Waals surface area contributed by atoms with Gasteiger partial charge in [-0.3, -0.25) is 4.18 Å². The Morgan fingerprint density at radius 3 is 2.59 bits per heavy atom. The Balaban J connectivity index is 0.00000176. The summed E-state index contributed by atoms with van der Waals surface area (Å²) in [4.78, 5) is 13.8. The van der Waals surface area contributed by atoms with Crippen LogP contribution in [-0.2, 0) is 25.6 Å². The fraction of sp³-hybridized carbons (Fsp3) is 0.533. The second-order valence-electron chi connectivity index (χ2n) is 5.28. The maximum absolute atomic E-state index is 12.1. The van der Waals surface area contributed by atoms with Gasteiger partial charge >= 0.3 is 6.09 Å². The molecule has 0 aliphatic carbocycles. The SMILES string of the molecule is C.O=C1OCc2ccc(cc2)S(=O)(=O)OCC2CCCCN12. The predicted octanol–water partition coefficient (Wildman–Crippen LogP) is 2.53. The van der Waals surface area contributed by atoms with Crippen molar-refractivity contribution in [2.45, 2.75) is 44.2 Å². The molecule has 0 radical (unpaired) electrons. The predicted molar refractivity (Wildman–Crippen MR) is 80.8 cm³/mol. The minimum absolute atomic E-state index is 0. The number of benzene rings is 1. The fourth-order valence-corrected chi connectivity index (χ4v) is 3.57. The number of piperidine rings is 1. The Morgan fingerprint density at radius 1 is 1.14 bits per heavy atom. The highest BCUT2D eigenvalue weighted by Crippen LogP contribution is 2.22. The van der Waals surface area contributed by atoms with E-state index in [2.05, 4.69) is 0 Å². The average molecular weight is 327 g/mol. The summed E-state index contributed by atoms with van der Waals surface area (Å²) < 4.78 is 34.7. The summed E-state index contributed by atoms with van der Waals surface area (Å²) in [5.74, 6) is 0. The van der Waals surface area contributed by atoms with Crippen LogP contribution in [0.3, 0.4) is 0 Å². The van der Waals surface area contributed by atoms with Crippen molar-refractivity contribution in [1.29, 1.82) is 0 Å². The second kappa shape index (κ2) is 6.66. The van der Waals surface area contributed by atoms with E-state index in [0.717, 1.165) is 24.8 Å². The molecule has 0 saturated carbocycles. The molecule has 3 aliphatic heterocycles. The number of carbonyl (C=O) groups is 1. The summed E-state index contributed by atoms with van der Waals surface area (Å²) in [7, 11) is -3.78. The van der Waals surface area contributed by atoms with E-state index in [9.17, 15) is 13.2 Å². The normalized spacial score (nSPS) is 24.3. The van der Waals surface area contributed by atoms with Gasteiger partial charge in [0.25, 0.3) is 10.1 Å². The van der Waals surface area contributed by atoms with Gasteiger partial charge in [-0.15, -0.1) is 0 Å². The summed E-state index contributed by atoms with van der Waals surface area (Å²) in [6.07, 6.45) is 2.16. The fourth-order valence-electron chi connectivity index (χ4n) is 2.63. The van der Waals surface area contributed by atoms with E-state index in [4.69, 9.17) is 8.92 Å². The Kier molecular flexibility index (Phi) is 5.08. The van der Waals surface area contributed by atoms with E-state index in [0.29, 0.717) is 6.54 Å². The third-order valence-electron chi connectivity index (χ3n) is 3.85. The molecule has 3 aliphatic rings. The standard InChI is InChI=1S/C14H17NO5S.CH4/c16-14-15-8-2-1-3-12(15)10-20-21(17,18)13-6-4-11(5-7-13)9-19-14;/h4-7,12H,1-3,8-10H2;1H4. The zero-order valence-corrected chi connectivity index (χ0v) is 12.3. The number of rotatable bonds is 0. The van der Waals surface area contributed by atoms with Gasteiger partial charge in [-0.1, -0.05) is 19.6 Å². The van der Waals surface area contributed by atoms with Crippen LogP contribution < -0.4 is 0 Å². The van der Waals surface area contributed by atoms with E-state index < -0.39 is 16.2 Å². The lowest BCUT2D eigenvalue weighted by Crippen LogP contribution is -2.46. The molecule has 1 fully saturated rings. The van der Waals surface area contributed by atoms with Crippen LogP contribution in [0.2, 0.25) is 0 Å². The van der Waals surface area contributed by atoms with Gasteiger partial charge in [0, 0.05) is 6.54 Å². The highest BCUT2D eigenvalue weighted by molar-refractivity contribution is 7.86. The Hall–Kier alpha value is -1.60. The van der Waals surface area contributed by atoms with Crippen molar-refractivity contribution < 1.29 is 22.1 Å². The van der Waals surface area contributed by atoms with Gasteiger partial charge in [-0.2, -0.15) is 8.42 Å². The summed E-state index contributed by atoms with van der Waals surface area (Å²) >= 11 is 0. The molecule has 1 unspecified atom stereocenters. The second-order valence-corrected chi connectivity index (χ2v) is 6.90. The summed E-state index contributed by atoms with van der Waals surface area (Å²) in [5, 5.41) is 0. The monoisotopic (exact) mass is 327 g/mol. The van der Waals surface area contributed by atoms with Crippen LogP contribution in [0, 0.1) is 0 Å². The molecule has 3 heterocycles. The molecule has 6 nitrogen and oxygen atoms in total. The number of fused-ring (bicyclic) bond motifs is 6. The van der Waals surface area contributed by atoms with Crippen molar-refractivity contribution in [3.05, 3.63) is 29.8 Å². The first-order valence-corrected chi connectivity index (χ1v) is 8.39.